The lowest BCUT2D eigenvalue weighted by Gasteiger charge is -2.29. The van der Waals surface area contributed by atoms with Gasteiger partial charge in [-0.2, -0.15) is 0 Å². The predicted octanol–water partition coefficient (Wildman–Crippen LogP) is 9.29. The van der Waals surface area contributed by atoms with Crippen LogP contribution in [0.5, 0.6) is 0 Å². The van der Waals surface area contributed by atoms with Crippen molar-refractivity contribution in [1.29, 1.82) is 0 Å². The summed E-state index contributed by atoms with van der Waals surface area (Å²) in [5.74, 6) is 0. The number of fused-ring (bicyclic) bond motifs is 6. The van der Waals surface area contributed by atoms with Crippen LogP contribution in [0.2, 0.25) is 0 Å². The summed E-state index contributed by atoms with van der Waals surface area (Å²) in [7, 11) is 0. The molecule has 0 saturated heterocycles. The van der Waals surface area contributed by atoms with Crippen molar-refractivity contribution in [2.75, 3.05) is 0 Å². The van der Waals surface area contributed by atoms with Gasteiger partial charge in [-0.05, 0) is 67.8 Å². The molecule has 0 aliphatic carbocycles. The molecule has 2 nitrogen and oxygen atoms in total. The molecule has 6 aromatic rings. The SMILES string of the molecule is CCCCC(C)(C)n1c2ccccc2c2cc(-c3ccc4oc5ccccc5c4c3)ccc21. The second-order valence-electron chi connectivity index (χ2n) is 9.81. The van der Waals surface area contributed by atoms with Crippen LogP contribution in [0.3, 0.4) is 0 Å². The van der Waals surface area contributed by atoms with Gasteiger partial charge in [0.1, 0.15) is 11.2 Å². The van der Waals surface area contributed by atoms with E-state index in [0.29, 0.717) is 0 Å². The highest BCUT2D eigenvalue weighted by Crippen LogP contribution is 2.39. The third kappa shape index (κ3) is 3.16. The fraction of sp³-hybridized carbons (Fsp3) is 0.226. The standard InChI is InChI=1S/C31H29NO/c1-4-5-18-31(2,3)32-27-12-8-6-10-23(27)25-19-21(14-16-28(25)32)22-15-17-30-26(20-22)24-11-7-9-13-29(24)33-30/h6-17,19-20H,4-5,18H2,1-3H3. The first kappa shape index (κ1) is 20.1. The van der Waals surface area contributed by atoms with Gasteiger partial charge >= 0.3 is 0 Å². The highest BCUT2D eigenvalue weighted by molar-refractivity contribution is 6.10. The average molecular weight is 432 g/mol. The van der Waals surface area contributed by atoms with Crippen molar-refractivity contribution < 1.29 is 4.42 Å². The largest absolute Gasteiger partial charge is 0.456 e. The van der Waals surface area contributed by atoms with Crippen molar-refractivity contribution in [2.24, 2.45) is 0 Å². The van der Waals surface area contributed by atoms with E-state index in [9.17, 15) is 0 Å². The molecule has 0 unspecified atom stereocenters. The highest BCUT2D eigenvalue weighted by Gasteiger charge is 2.24. The van der Waals surface area contributed by atoms with Gasteiger partial charge in [0.05, 0.1) is 0 Å². The lowest BCUT2D eigenvalue weighted by Crippen LogP contribution is -2.25. The third-order valence-electron chi connectivity index (χ3n) is 7.13. The molecule has 0 N–H and O–H groups in total. The molecule has 0 aliphatic rings. The number of hydrogen-bond acceptors (Lipinski definition) is 1. The minimum absolute atomic E-state index is 0.0630. The Kier molecular flexibility index (Phi) is 4.58. The summed E-state index contributed by atoms with van der Waals surface area (Å²) >= 11 is 0. The van der Waals surface area contributed by atoms with Crippen molar-refractivity contribution >= 4 is 43.7 Å². The van der Waals surface area contributed by atoms with Gasteiger partial charge < -0.3 is 8.98 Å². The van der Waals surface area contributed by atoms with Gasteiger partial charge in [0.25, 0.3) is 0 Å². The molecule has 0 saturated carbocycles. The molecule has 2 aromatic heterocycles. The lowest BCUT2D eigenvalue weighted by atomic mass is 9.96. The number of para-hydroxylation sites is 2. The van der Waals surface area contributed by atoms with Crippen LogP contribution in [-0.2, 0) is 5.54 Å². The Morgan fingerprint density at radius 2 is 1.30 bits per heavy atom. The smallest absolute Gasteiger partial charge is 0.135 e. The van der Waals surface area contributed by atoms with E-state index in [2.05, 4.69) is 98.1 Å². The van der Waals surface area contributed by atoms with Gasteiger partial charge in [0.2, 0.25) is 0 Å². The van der Waals surface area contributed by atoms with Gasteiger partial charge in [0.15, 0.2) is 0 Å². The number of aromatic nitrogens is 1. The van der Waals surface area contributed by atoms with Crippen LogP contribution in [0, 0.1) is 0 Å². The summed E-state index contributed by atoms with van der Waals surface area (Å²) in [6, 6.07) is 30.6. The Morgan fingerprint density at radius 3 is 2.12 bits per heavy atom. The number of unbranched alkanes of at least 4 members (excludes halogenated alkanes) is 1. The summed E-state index contributed by atoms with van der Waals surface area (Å²) < 4.78 is 8.60. The van der Waals surface area contributed by atoms with E-state index in [1.165, 1.54) is 63.0 Å². The van der Waals surface area contributed by atoms with Gasteiger partial charge in [-0.15, -0.1) is 0 Å². The molecular weight excluding hydrogens is 402 g/mol. The molecule has 0 spiro atoms. The van der Waals surface area contributed by atoms with Crippen LogP contribution < -0.4 is 0 Å². The summed E-state index contributed by atoms with van der Waals surface area (Å²) in [4.78, 5) is 0. The zero-order chi connectivity index (χ0) is 22.6. The molecular formula is C31H29NO. The fourth-order valence-electron chi connectivity index (χ4n) is 5.43. The van der Waals surface area contributed by atoms with E-state index in [0.717, 1.165) is 11.2 Å². The van der Waals surface area contributed by atoms with Crippen molar-refractivity contribution in [2.45, 2.75) is 45.6 Å². The zero-order valence-electron chi connectivity index (χ0n) is 19.6. The average Bonchev–Trinajstić information content (AvgIpc) is 3.38. The number of benzene rings is 4. The van der Waals surface area contributed by atoms with Crippen LogP contribution in [0.4, 0.5) is 0 Å². The molecule has 0 bridgehead atoms. The lowest BCUT2D eigenvalue weighted by molar-refractivity contribution is 0.337. The van der Waals surface area contributed by atoms with Crippen molar-refractivity contribution in [1.82, 2.24) is 4.57 Å². The van der Waals surface area contributed by atoms with Crippen LogP contribution in [0.1, 0.15) is 40.0 Å². The summed E-state index contributed by atoms with van der Waals surface area (Å²) in [6.07, 6.45) is 3.62. The first-order chi connectivity index (χ1) is 16.1. The van der Waals surface area contributed by atoms with E-state index in [4.69, 9.17) is 4.42 Å². The Labute approximate surface area is 194 Å². The van der Waals surface area contributed by atoms with Gasteiger partial charge in [-0.1, -0.05) is 68.3 Å². The number of furan rings is 1. The van der Waals surface area contributed by atoms with E-state index in [-0.39, 0.29) is 5.54 Å². The molecule has 2 heteroatoms. The minimum Gasteiger partial charge on any atom is -0.456 e. The summed E-state index contributed by atoms with van der Waals surface area (Å²) in [6.45, 7) is 7.02. The molecule has 0 fully saturated rings. The van der Waals surface area contributed by atoms with Gasteiger partial charge in [0, 0.05) is 38.1 Å². The molecule has 0 radical (unpaired) electrons. The Hall–Kier alpha value is -3.52. The molecule has 4 aromatic carbocycles. The zero-order valence-corrected chi connectivity index (χ0v) is 19.6. The normalized spacial score (nSPS) is 12.5. The predicted molar refractivity (Wildman–Crippen MR) is 141 cm³/mol. The maximum atomic E-state index is 6.04. The Balaban J connectivity index is 1.56. The first-order valence-electron chi connectivity index (χ1n) is 12.0. The number of nitrogens with zero attached hydrogens (tertiary/aromatic N) is 1. The van der Waals surface area contributed by atoms with Crippen molar-refractivity contribution in [3.05, 3.63) is 84.9 Å². The van der Waals surface area contributed by atoms with Crippen LogP contribution in [-0.4, -0.2) is 4.57 Å². The number of hydrogen-bond donors (Lipinski definition) is 0. The maximum Gasteiger partial charge on any atom is 0.135 e. The number of rotatable bonds is 5. The molecule has 164 valence electrons. The van der Waals surface area contributed by atoms with Gasteiger partial charge in [-0.25, -0.2) is 0 Å². The fourth-order valence-corrected chi connectivity index (χ4v) is 5.43. The van der Waals surface area contributed by atoms with Crippen LogP contribution in [0.15, 0.2) is 89.3 Å². The molecule has 0 amide bonds. The third-order valence-corrected chi connectivity index (χ3v) is 7.13. The molecule has 6 rings (SSSR count). The summed E-state index contributed by atoms with van der Waals surface area (Å²) in [5.41, 5.74) is 7.04. The van der Waals surface area contributed by atoms with E-state index >= 15 is 0 Å². The van der Waals surface area contributed by atoms with Crippen molar-refractivity contribution in [3.63, 3.8) is 0 Å². The quantitative estimate of drug-likeness (QED) is 0.266. The Bertz CT molecular complexity index is 1630. The molecule has 33 heavy (non-hydrogen) atoms. The van der Waals surface area contributed by atoms with E-state index < -0.39 is 0 Å². The second-order valence-corrected chi connectivity index (χ2v) is 9.81. The summed E-state index contributed by atoms with van der Waals surface area (Å²) in [5, 5.41) is 5.00. The van der Waals surface area contributed by atoms with Crippen LogP contribution in [0.25, 0.3) is 54.9 Å². The molecule has 0 aliphatic heterocycles. The first-order valence-corrected chi connectivity index (χ1v) is 12.0. The van der Waals surface area contributed by atoms with E-state index in [1.54, 1.807) is 0 Å². The van der Waals surface area contributed by atoms with Crippen molar-refractivity contribution in [3.8, 4) is 11.1 Å². The van der Waals surface area contributed by atoms with E-state index in [1.807, 2.05) is 12.1 Å². The second kappa shape index (κ2) is 7.52. The highest BCUT2D eigenvalue weighted by atomic mass is 16.3. The monoisotopic (exact) mass is 431 g/mol. The minimum atomic E-state index is 0.0630. The molecule has 2 heterocycles. The maximum absolute atomic E-state index is 6.04. The van der Waals surface area contributed by atoms with Crippen LogP contribution >= 0.6 is 0 Å². The topological polar surface area (TPSA) is 18.1 Å². The Morgan fingerprint density at radius 1 is 0.667 bits per heavy atom. The molecule has 0 atom stereocenters. The van der Waals surface area contributed by atoms with Gasteiger partial charge in [-0.3, -0.25) is 0 Å².